The van der Waals surface area contributed by atoms with Crippen molar-refractivity contribution in [3.05, 3.63) is 56.6 Å². The Hall–Kier alpha value is -1.84. The number of carbonyl (C=O) groups is 1. The molecule has 0 aromatic heterocycles. The molecule has 2 heterocycles. The van der Waals surface area contributed by atoms with Crippen molar-refractivity contribution in [3.63, 3.8) is 0 Å². The highest BCUT2D eigenvalue weighted by Gasteiger charge is 2.34. The number of hydrogen-bond acceptors (Lipinski definition) is 5. The number of rotatable bonds is 4. The van der Waals surface area contributed by atoms with E-state index in [9.17, 15) is 4.79 Å². The molecular weight excluding hydrogens is 501 g/mol. The topological polar surface area (TPSA) is 74.0 Å². The molecule has 4 rings (SSSR count). The Morgan fingerprint density at radius 3 is 2.55 bits per heavy atom. The maximum atomic E-state index is 12.9. The zero-order valence-electron chi connectivity index (χ0n) is 15.9. The van der Waals surface area contributed by atoms with Gasteiger partial charge in [-0.3, -0.25) is 15.2 Å². The van der Waals surface area contributed by atoms with Crippen LogP contribution in [0.5, 0.6) is 0 Å². The van der Waals surface area contributed by atoms with Crippen LogP contribution >= 0.6 is 34.2 Å². The van der Waals surface area contributed by atoms with Crippen molar-refractivity contribution in [2.75, 3.05) is 23.8 Å². The van der Waals surface area contributed by atoms with E-state index in [1.165, 1.54) is 6.42 Å². The molecular formula is C21H23ClIN5O. The summed E-state index contributed by atoms with van der Waals surface area (Å²) in [4.78, 5) is 12.9. The van der Waals surface area contributed by atoms with E-state index in [1.54, 1.807) is 12.1 Å². The van der Waals surface area contributed by atoms with Gasteiger partial charge in [0.1, 0.15) is 5.71 Å². The second-order valence-corrected chi connectivity index (χ2v) is 9.02. The standard InChI is InChI=1S/C21H23ClIN5O/c22-17-12-16(24)8-9-19(17)28-20(14-4-6-15(23)7-5-14)13-18(25-28)21(29)26-27-10-2-1-3-11-27/h4-9,12,20H,1-3,10-11,13,24H2,(H,26,29). The van der Waals surface area contributed by atoms with Crippen molar-refractivity contribution in [2.45, 2.75) is 31.7 Å². The third-order valence-corrected chi connectivity index (χ3v) is 6.28. The summed E-state index contributed by atoms with van der Waals surface area (Å²) < 4.78 is 1.16. The van der Waals surface area contributed by atoms with Crippen molar-refractivity contribution >= 4 is 57.2 Å². The molecule has 2 aromatic carbocycles. The van der Waals surface area contributed by atoms with Gasteiger partial charge in [0, 0.05) is 28.8 Å². The predicted molar refractivity (Wildman–Crippen MR) is 126 cm³/mol. The molecule has 0 spiro atoms. The number of nitrogens with one attached hydrogen (secondary N) is 1. The summed E-state index contributed by atoms with van der Waals surface area (Å²) in [5.41, 5.74) is 11.8. The van der Waals surface area contributed by atoms with Crippen LogP contribution in [0, 0.1) is 3.57 Å². The lowest BCUT2D eigenvalue weighted by Gasteiger charge is -2.26. The van der Waals surface area contributed by atoms with Crippen molar-refractivity contribution in [1.29, 1.82) is 0 Å². The van der Waals surface area contributed by atoms with Gasteiger partial charge in [-0.2, -0.15) is 5.10 Å². The highest BCUT2D eigenvalue weighted by atomic mass is 127. The van der Waals surface area contributed by atoms with E-state index in [0.29, 0.717) is 22.8 Å². The number of hydrazone groups is 1. The minimum Gasteiger partial charge on any atom is -0.399 e. The first-order valence-electron chi connectivity index (χ1n) is 9.74. The third kappa shape index (κ3) is 4.67. The summed E-state index contributed by atoms with van der Waals surface area (Å²) in [5.74, 6) is -0.142. The van der Waals surface area contributed by atoms with Gasteiger partial charge in [0.2, 0.25) is 0 Å². The first-order chi connectivity index (χ1) is 14.0. The van der Waals surface area contributed by atoms with Crippen molar-refractivity contribution in [1.82, 2.24) is 10.4 Å². The minimum atomic E-state index is -0.142. The van der Waals surface area contributed by atoms with E-state index in [1.807, 2.05) is 16.1 Å². The summed E-state index contributed by atoms with van der Waals surface area (Å²) in [6.45, 7) is 1.76. The van der Waals surface area contributed by atoms with Crippen LogP contribution in [0.3, 0.4) is 0 Å². The molecule has 0 radical (unpaired) electrons. The van der Waals surface area contributed by atoms with Gasteiger partial charge in [-0.15, -0.1) is 0 Å². The molecule has 3 N–H and O–H groups in total. The van der Waals surface area contributed by atoms with Crippen LogP contribution in [0.2, 0.25) is 5.02 Å². The lowest BCUT2D eigenvalue weighted by Crippen LogP contribution is -2.47. The second kappa shape index (κ2) is 8.89. The molecule has 2 aromatic rings. The monoisotopic (exact) mass is 523 g/mol. The third-order valence-electron chi connectivity index (χ3n) is 5.26. The quantitative estimate of drug-likeness (QED) is 0.462. The number of nitrogen functional groups attached to an aromatic ring is 1. The number of piperidine rings is 1. The Labute approximate surface area is 189 Å². The molecule has 0 bridgehead atoms. The van der Waals surface area contributed by atoms with Gasteiger partial charge in [-0.1, -0.05) is 30.2 Å². The van der Waals surface area contributed by atoms with Crippen LogP contribution in [0.15, 0.2) is 47.6 Å². The SMILES string of the molecule is Nc1ccc(N2N=C(C(=O)NN3CCCCC3)CC2c2ccc(I)cc2)c(Cl)c1. The van der Waals surface area contributed by atoms with Crippen LogP contribution in [0.4, 0.5) is 11.4 Å². The minimum absolute atomic E-state index is 0.102. The highest BCUT2D eigenvalue weighted by molar-refractivity contribution is 14.1. The van der Waals surface area contributed by atoms with Gasteiger partial charge >= 0.3 is 0 Å². The van der Waals surface area contributed by atoms with Gasteiger partial charge in [0.25, 0.3) is 5.91 Å². The fourth-order valence-corrected chi connectivity index (χ4v) is 4.37. The summed E-state index contributed by atoms with van der Waals surface area (Å²) in [7, 11) is 0. The number of nitrogens with two attached hydrogens (primary N) is 1. The Morgan fingerprint density at radius 1 is 1.14 bits per heavy atom. The summed E-state index contributed by atoms with van der Waals surface area (Å²) >= 11 is 8.75. The largest absolute Gasteiger partial charge is 0.399 e. The normalized spacial score (nSPS) is 19.9. The number of benzene rings is 2. The van der Waals surface area contributed by atoms with E-state index >= 15 is 0 Å². The first kappa shape index (κ1) is 20.4. The summed E-state index contributed by atoms with van der Waals surface area (Å²) in [6, 6.07) is 13.5. The van der Waals surface area contributed by atoms with E-state index in [-0.39, 0.29) is 11.9 Å². The number of amides is 1. The van der Waals surface area contributed by atoms with Gasteiger partial charge < -0.3 is 5.73 Å². The maximum absolute atomic E-state index is 12.9. The van der Waals surface area contributed by atoms with Crippen LogP contribution in [0.25, 0.3) is 0 Å². The van der Waals surface area contributed by atoms with E-state index in [0.717, 1.165) is 40.8 Å². The lowest BCUT2D eigenvalue weighted by atomic mass is 10.0. The van der Waals surface area contributed by atoms with Crippen LogP contribution in [-0.2, 0) is 4.79 Å². The lowest BCUT2D eigenvalue weighted by molar-refractivity contribution is -0.119. The molecule has 1 atom stereocenters. The summed E-state index contributed by atoms with van der Waals surface area (Å²) in [6.07, 6.45) is 3.93. The van der Waals surface area contributed by atoms with Crippen LogP contribution < -0.4 is 16.2 Å². The number of nitrogens with zero attached hydrogens (tertiary/aromatic N) is 3. The van der Waals surface area contributed by atoms with E-state index in [2.05, 4.69) is 57.4 Å². The van der Waals surface area contributed by atoms with Crippen molar-refractivity contribution < 1.29 is 4.79 Å². The van der Waals surface area contributed by atoms with Crippen LogP contribution in [0.1, 0.15) is 37.3 Å². The smallest absolute Gasteiger partial charge is 0.281 e. The average Bonchev–Trinajstić information content (AvgIpc) is 3.14. The number of hydrogen-bond donors (Lipinski definition) is 2. The highest BCUT2D eigenvalue weighted by Crippen LogP contribution is 2.39. The molecule has 29 heavy (non-hydrogen) atoms. The number of carbonyl (C=O) groups excluding carboxylic acids is 1. The van der Waals surface area contributed by atoms with E-state index < -0.39 is 0 Å². The van der Waals surface area contributed by atoms with Gasteiger partial charge in [-0.05, 0) is 71.3 Å². The van der Waals surface area contributed by atoms with Gasteiger partial charge in [0.15, 0.2) is 0 Å². The first-order valence-corrected chi connectivity index (χ1v) is 11.2. The Bertz CT molecular complexity index is 927. The molecule has 8 heteroatoms. The fourth-order valence-electron chi connectivity index (χ4n) is 3.74. The molecule has 1 fully saturated rings. The van der Waals surface area contributed by atoms with Crippen molar-refractivity contribution in [3.8, 4) is 0 Å². The number of hydrazine groups is 1. The molecule has 1 unspecified atom stereocenters. The van der Waals surface area contributed by atoms with Crippen molar-refractivity contribution in [2.24, 2.45) is 5.10 Å². The zero-order chi connectivity index (χ0) is 20.4. The molecule has 1 saturated heterocycles. The fraction of sp³-hybridized carbons (Fsp3) is 0.333. The molecule has 1 amide bonds. The predicted octanol–water partition coefficient (Wildman–Crippen LogP) is 4.35. The molecule has 0 aliphatic carbocycles. The van der Waals surface area contributed by atoms with E-state index in [4.69, 9.17) is 17.3 Å². The summed E-state index contributed by atoms with van der Waals surface area (Å²) in [5, 5.41) is 9.03. The molecule has 6 nitrogen and oxygen atoms in total. The molecule has 0 saturated carbocycles. The van der Waals surface area contributed by atoms with Gasteiger partial charge in [-0.25, -0.2) is 5.01 Å². The number of anilines is 2. The molecule has 2 aliphatic rings. The molecule has 152 valence electrons. The Balaban J connectivity index is 1.62. The Morgan fingerprint density at radius 2 is 1.86 bits per heavy atom. The Kier molecular flexibility index (Phi) is 6.26. The zero-order valence-corrected chi connectivity index (χ0v) is 18.9. The van der Waals surface area contributed by atoms with Crippen LogP contribution in [-0.4, -0.2) is 29.7 Å². The average molecular weight is 524 g/mol. The van der Waals surface area contributed by atoms with Gasteiger partial charge in [0.05, 0.1) is 16.8 Å². The molecule has 2 aliphatic heterocycles. The maximum Gasteiger partial charge on any atom is 0.281 e. The second-order valence-electron chi connectivity index (χ2n) is 7.36. The number of halogens is 2.